The van der Waals surface area contributed by atoms with E-state index >= 15 is 0 Å². The summed E-state index contributed by atoms with van der Waals surface area (Å²) in [5.41, 5.74) is 9.56. The van der Waals surface area contributed by atoms with E-state index in [1.807, 2.05) is 32.0 Å². The van der Waals surface area contributed by atoms with Gasteiger partial charge in [-0.25, -0.2) is 4.79 Å². The average Bonchev–Trinajstić information content (AvgIpc) is 2.38. The SMILES string of the molecule is Cc1cc(C)cc(Nc2c(NC(N)=S)cccc2C(=O)O)c1. The summed E-state index contributed by atoms with van der Waals surface area (Å²) >= 11 is 4.84. The number of aromatic carboxylic acids is 1. The summed E-state index contributed by atoms with van der Waals surface area (Å²) in [5, 5.41) is 15.4. The number of carboxylic acids is 1. The third-order valence-corrected chi connectivity index (χ3v) is 3.15. The molecule has 0 saturated carbocycles. The second-order valence-electron chi connectivity index (χ2n) is 5.02. The van der Waals surface area contributed by atoms with E-state index in [0.29, 0.717) is 11.4 Å². The molecule has 0 unspecified atom stereocenters. The minimum atomic E-state index is -1.03. The molecule has 2 aromatic rings. The minimum absolute atomic E-state index is 0.0750. The van der Waals surface area contributed by atoms with Gasteiger partial charge in [0.05, 0.1) is 16.9 Å². The Morgan fingerprint density at radius 1 is 1.18 bits per heavy atom. The van der Waals surface area contributed by atoms with Gasteiger partial charge in [-0.1, -0.05) is 12.1 Å². The maximum atomic E-state index is 11.5. The van der Waals surface area contributed by atoms with E-state index in [0.717, 1.165) is 16.8 Å². The monoisotopic (exact) mass is 315 g/mol. The quantitative estimate of drug-likeness (QED) is 0.647. The van der Waals surface area contributed by atoms with Crippen molar-refractivity contribution in [1.82, 2.24) is 0 Å². The summed E-state index contributed by atoms with van der Waals surface area (Å²) in [6.45, 7) is 3.96. The molecule has 0 aliphatic heterocycles. The second kappa shape index (κ2) is 6.44. The van der Waals surface area contributed by atoms with Crippen LogP contribution in [0.1, 0.15) is 21.5 Å². The zero-order valence-electron chi connectivity index (χ0n) is 12.3. The van der Waals surface area contributed by atoms with Crippen molar-refractivity contribution in [3.8, 4) is 0 Å². The van der Waals surface area contributed by atoms with Crippen LogP contribution in [0.2, 0.25) is 0 Å². The summed E-state index contributed by atoms with van der Waals surface area (Å²) in [4.78, 5) is 11.5. The Balaban J connectivity index is 2.51. The van der Waals surface area contributed by atoms with Gasteiger partial charge in [0.2, 0.25) is 0 Å². The van der Waals surface area contributed by atoms with Gasteiger partial charge in [0.15, 0.2) is 5.11 Å². The standard InChI is InChI=1S/C16H17N3O2S/c1-9-6-10(2)8-11(7-9)18-14-12(15(20)21)4-3-5-13(14)19-16(17)22/h3-8,18H,1-2H3,(H,20,21)(H3,17,19,22). The molecule has 0 saturated heterocycles. The van der Waals surface area contributed by atoms with Gasteiger partial charge < -0.3 is 21.5 Å². The van der Waals surface area contributed by atoms with Gasteiger partial charge in [0, 0.05) is 5.69 Å². The Morgan fingerprint density at radius 2 is 1.82 bits per heavy atom. The van der Waals surface area contributed by atoms with Gasteiger partial charge in [0.25, 0.3) is 0 Å². The third-order valence-electron chi connectivity index (χ3n) is 3.04. The number of carbonyl (C=O) groups is 1. The van der Waals surface area contributed by atoms with Crippen LogP contribution >= 0.6 is 12.2 Å². The van der Waals surface area contributed by atoms with Crippen molar-refractivity contribution >= 4 is 40.4 Å². The van der Waals surface area contributed by atoms with Crippen molar-refractivity contribution in [2.75, 3.05) is 10.6 Å². The van der Waals surface area contributed by atoms with Crippen LogP contribution in [0.5, 0.6) is 0 Å². The first-order chi connectivity index (χ1) is 10.4. The molecule has 22 heavy (non-hydrogen) atoms. The Kier molecular flexibility index (Phi) is 4.62. The predicted molar refractivity (Wildman–Crippen MR) is 93.0 cm³/mol. The highest BCUT2D eigenvalue weighted by Gasteiger charge is 2.15. The lowest BCUT2D eigenvalue weighted by atomic mass is 10.1. The molecular weight excluding hydrogens is 298 g/mol. The van der Waals surface area contributed by atoms with Crippen molar-refractivity contribution in [1.29, 1.82) is 0 Å². The number of para-hydroxylation sites is 1. The summed E-state index contributed by atoms with van der Waals surface area (Å²) in [6.07, 6.45) is 0. The summed E-state index contributed by atoms with van der Waals surface area (Å²) in [6, 6.07) is 10.8. The van der Waals surface area contributed by atoms with E-state index in [1.165, 1.54) is 6.07 Å². The van der Waals surface area contributed by atoms with E-state index in [2.05, 4.69) is 10.6 Å². The molecule has 0 aromatic heterocycles. The minimum Gasteiger partial charge on any atom is -0.478 e. The average molecular weight is 315 g/mol. The number of anilines is 3. The number of nitrogens with two attached hydrogens (primary N) is 1. The molecule has 0 radical (unpaired) electrons. The number of hydrogen-bond acceptors (Lipinski definition) is 3. The van der Waals surface area contributed by atoms with Crippen LogP contribution in [0.4, 0.5) is 17.1 Å². The Bertz CT molecular complexity index is 724. The highest BCUT2D eigenvalue weighted by molar-refractivity contribution is 7.80. The zero-order chi connectivity index (χ0) is 16.3. The first kappa shape index (κ1) is 15.8. The van der Waals surface area contributed by atoms with E-state index in [-0.39, 0.29) is 10.7 Å². The summed E-state index contributed by atoms with van der Waals surface area (Å²) in [5.74, 6) is -1.03. The fourth-order valence-electron chi connectivity index (χ4n) is 2.29. The number of aryl methyl sites for hydroxylation is 2. The van der Waals surface area contributed by atoms with Gasteiger partial charge >= 0.3 is 5.97 Å². The first-order valence-electron chi connectivity index (χ1n) is 6.65. The van der Waals surface area contributed by atoms with Crippen LogP contribution < -0.4 is 16.4 Å². The number of benzene rings is 2. The van der Waals surface area contributed by atoms with E-state index < -0.39 is 5.97 Å². The second-order valence-corrected chi connectivity index (χ2v) is 5.46. The molecule has 0 aliphatic carbocycles. The number of hydrogen-bond donors (Lipinski definition) is 4. The summed E-state index contributed by atoms with van der Waals surface area (Å²) in [7, 11) is 0. The zero-order valence-corrected chi connectivity index (χ0v) is 13.1. The van der Waals surface area contributed by atoms with Gasteiger partial charge in [0.1, 0.15) is 0 Å². The molecule has 2 rings (SSSR count). The third kappa shape index (κ3) is 3.73. The largest absolute Gasteiger partial charge is 0.478 e. The van der Waals surface area contributed by atoms with Crippen LogP contribution in [-0.4, -0.2) is 16.2 Å². The summed E-state index contributed by atoms with van der Waals surface area (Å²) < 4.78 is 0. The molecule has 0 spiro atoms. The van der Waals surface area contributed by atoms with E-state index in [4.69, 9.17) is 18.0 Å². The molecule has 6 heteroatoms. The molecule has 114 valence electrons. The topological polar surface area (TPSA) is 87.4 Å². The fourth-order valence-corrected chi connectivity index (χ4v) is 2.40. The van der Waals surface area contributed by atoms with Gasteiger partial charge in [-0.3, -0.25) is 0 Å². The predicted octanol–water partition coefficient (Wildman–Crippen LogP) is 3.40. The molecule has 0 atom stereocenters. The highest BCUT2D eigenvalue weighted by atomic mass is 32.1. The van der Waals surface area contributed by atoms with Crippen molar-refractivity contribution < 1.29 is 9.90 Å². The molecule has 5 N–H and O–H groups in total. The number of thiocarbonyl (C=S) groups is 1. The maximum Gasteiger partial charge on any atom is 0.337 e. The van der Waals surface area contributed by atoms with Gasteiger partial charge in [-0.2, -0.15) is 0 Å². The van der Waals surface area contributed by atoms with E-state index in [1.54, 1.807) is 12.1 Å². The normalized spacial score (nSPS) is 10.1. The number of carboxylic acid groups (broad SMARTS) is 1. The lowest BCUT2D eigenvalue weighted by molar-refractivity contribution is 0.0698. The van der Waals surface area contributed by atoms with Gasteiger partial charge in [-0.15, -0.1) is 0 Å². The van der Waals surface area contributed by atoms with Gasteiger partial charge in [-0.05, 0) is 61.5 Å². The molecule has 0 aliphatic rings. The molecule has 0 heterocycles. The lowest BCUT2D eigenvalue weighted by Crippen LogP contribution is -2.20. The Labute approximate surface area is 134 Å². The van der Waals surface area contributed by atoms with Crippen LogP contribution in [0.3, 0.4) is 0 Å². The van der Waals surface area contributed by atoms with E-state index in [9.17, 15) is 9.90 Å². The van der Waals surface area contributed by atoms with Crippen molar-refractivity contribution in [2.45, 2.75) is 13.8 Å². The van der Waals surface area contributed by atoms with Crippen LogP contribution in [0.25, 0.3) is 0 Å². The number of rotatable bonds is 4. The smallest absolute Gasteiger partial charge is 0.337 e. The molecule has 0 amide bonds. The van der Waals surface area contributed by atoms with Crippen LogP contribution in [-0.2, 0) is 0 Å². The highest BCUT2D eigenvalue weighted by Crippen LogP contribution is 2.30. The van der Waals surface area contributed by atoms with Crippen LogP contribution in [0.15, 0.2) is 36.4 Å². The first-order valence-corrected chi connectivity index (χ1v) is 7.05. The maximum absolute atomic E-state index is 11.5. The molecule has 0 fully saturated rings. The molecule has 0 bridgehead atoms. The van der Waals surface area contributed by atoms with Crippen molar-refractivity contribution in [2.24, 2.45) is 5.73 Å². The number of nitrogens with one attached hydrogen (secondary N) is 2. The molecular formula is C16H17N3O2S. The van der Waals surface area contributed by atoms with Crippen molar-refractivity contribution in [3.05, 3.63) is 53.1 Å². The van der Waals surface area contributed by atoms with Crippen LogP contribution in [0, 0.1) is 13.8 Å². The fraction of sp³-hybridized carbons (Fsp3) is 0.125. The molecule has 5 nitrogen and oxygen atoms in total. The van der Waals surface area contributed by atoms with Crippen molar-refractivity contribution in [3.63, 3.8) is 0 Å². The molecule has 2 aromatic carbocycles. The Hall–Kier alpha value is -2.60. The lowest BCUT2D eigenvalue weighted by Gasteiger charge is -2.16. The Morgan fingerprint density at radius 3 is 2.36 bits per heavy atom.